The molecule has 5 rings (SSSR count). The Bertz CT molecular complexity index is 1120. The normalized spacial score (nSPS) is 19.0. The summed E-state index contributed by atoms with van der Waals surface area (Å²) in [4.78, 5) is 17.4. The number of rotatable bonds is 5. The number of pyridine rings is 1. The number of nitrogens with zero attached hydrogens (tertiary/aromatic N) is 6. The zero-order chi connectivity index (χ0) is 20.3. The average molecular weight is 401 g/mol. The largest absolute Gasteiger partial charge is 0.366 e. The monoisotopic (exact) mass is 401 g/mol. The molecule has 0 bridgehead atoms. The van der Waals surface area contributed by atoms with E-state index in [1.54, 1.807) is 31.0 Å². The molecule has 9 heteroatoms. The lowest BCUT2D eigenvalue weighted by Crippen LogP contribution is -2.33. The summed E-state index contributed by atoms with van der Waals surface area (Å²) in [5.41, 5.74) is 9.30. The first-order valence-electron chi connectivity index (χ1n) is 10.1. The summed E-state index contributed by atoms with van der Waals surface area (Å²) >= 11 is 0. The molecule has 4 aromatic heterocycles. The second-order valence-corrected chi connectivity index (χ2v) is 7.55. The first-order chi connectivity index (χ1) is 14.7. The van der Waals surface area contributed by atoms with Gasteiger partial charge >= 0.3 is 0 Å². The minimum absolute atomic E-state index is 0.328. The van der Waals surface area contributed by atoms with Crippen molar-refractivity contribution in [3.05, 3.63) is 55.2 Å². The molecule has 1 fully saturated rings. The van der Waals surface area contributed by atoms with E-state index >= 15 is 0 Å². The van der Waals surface area contributed by atoms with Crippen molar-refractivity contribution < 1.29 is 0 Å². The minimum atomic E-state index is 0.328. The van der Waals surface area contributed by atoms with E-state index in [4.69, 9.17) is 10.8 Å². The van der Waals surface area contributed by atoms with Crippen molar-refractivity contribution >= 4 is 23.1 Å². The Labute approximate surface area is 173 Å². The van der Waals surface area contributed by atoms with E-state index in [0.29, 0.717) is 18.0 Å². The number of aromatic nitrogens is 6. The summed E-state index contributed by atoms with van der Waals surface area (Å²) in [6.45, 7) is 0. The SMILES string of the molecule is NC1CCC(Nc2ccc3ncc(-c4cnc(Nc5cccnc5)nc4)n3n2)CC1. The van der Waals surface area contributed by atoms with Crippen molar-refractivity contribution in [2.24, 2.45) is 5.73 Å². The first-order valence-corrected chi connectivity index (χ1v) is 10.1. The van der Waals surface area contributed by atoms with Crippen LogP contribution in [0.25, 0.3) is 16.9 Å². The highest BCUT2D eigenvalue weighted by atomic mass is 15.3. The predicted octanol–water partition coefficient (Wildman–Crippen LogP) is 3.01. The van der Waals surface area contributed by atoms with Crippen LogP contribution in [0, 0.1) is 0 Å². The molecule has 0 saturated heterocycles. The lowest BCUT2D eigenvalue weighted by Gasteiger charge is -2.27. The Kier molecular flexibility index (Phi) is 4.94. The smallest absolute Gasteiger partial charge is 0.227 e. The fourth-order valence-corrected chi connectivity index (χ4v) is 3.71. The van der Waals surface area contributed by atoms with Crippen molar-refractivity contribution in [1.82, 2.24) is 29.5 Å². The molecule has 0 unspecified atom stereocenters. The van der Waals surface area contributed by atoms with Crippen LogP contribution in [0.3, 0.4) is 0 Å². The van der Waals surface area contributed by atoms with Crippen molar-refractivity contribution in [2.45, 2.75) is 37.8 Å². The van der Waals surface area contributed by atoms with Crippen LogP contribution in [0.15, 0.2) is 55.2 Å². The number of hydrogen-bond acceptors (Lipinski definition) is 8. The molecule has 1 aliphatic rings. The maximum Gasteiger partial charge on any atom is 0.227 e. The van der Waals surface area contributed by atoms with Crippen molar-refractivity contribution in [3.63, 3.8) is 0 Å². The van der Waals surface area contributed by atoms with Gasteiger partial charge in [0.2, 0.25) is 5.95 Å². The summed E-state index contributed by atoms with van der Waals surface area (Å²) in [6.07, 6.45) is 13.0. The molecule has 152 valence electrons. The first kappa shape index (κ1) is 18.4. The van der Waals surface area contributed by atoms with Gasteiger partial charge in [-0.3, -0.25) is 4.98 Å². The Hall–Kier alpha value is -3.59. The van der Waals surface area contributed by atoms with Crippen LogP contribution < -0.4 is 16.4 Å². The van der Waals surface area contributed by atoms with Crippen LogP contribution >= 0.6 is 0 Å². The topological polar surface area (TPSA) is 119 Å². The van der Waals surface area contributed by atoms with E-state index in [1.165, 1.54) is 0 Å². The van der Waals surface area contributed by atoms with Gasteiger partial charge in [0.1, 0.15) is 5.82 Å². The maximum absolute atomic E-state index is 6.01. The van der Waals surface area contributed by atoms with Crippen molar-refractivity contribution in [3.8, 4) is 11.3 Å². The predicted molar refractivity (Wildman–Crippen MR) is 115 cm³/mol. The molecule has 4 heterocycles. The molecule has 0 aromatic carbocycles. The van der Waals surface area contributed by atoms with Crippen LogP contribution in [0.2, 0.25) is 0 Å². The van der Waals surface area contributed by atoms with E-state index in [1.807, 2.05) is 28.8 Å². The number of nitrogens with two attached hydrogens (primary N) is 1. The second kappa shape index (κ2) is 8.03. The van der Waals surface area contributed by atoms with E-state index in [-0.39, 0.29) is 0 Å². The van der Waals surface area contributed by atoms with E-state index in [9.17, 15) is 0 Å². The molecule has 0 radical (unpaired) electrons. The highest BCUT2D eigenvalue weighted by Gasteiger charge is 2.19. The van der Waals surface area contributed by atoms with E-state index in [0.717, 1.165) is 54.1 Å². The van der Waals surface area contributed by atoms with Crippen LogP contribution in [0.1, 0.15) is 25.7 Å². The fraction of sp³-hybridized carbons (Fsp3) is 0.286. The summed E-state index contributed by atoms with van der Waals surface area (Å²) in [7, 11) is 0. The van der Waals surface area contributed by atoms with Crippen LogP contribution in [0.5, 0.6) is 0 Å². The Balaban J connectivity index is 1.36. The van der Waals surface area contributed by atoms with Gasteiger partial charge in [0.05, 0.1) is 23.8 Å². The van der Waals surface area contributed by atoms with Gasteiger partial charge in [-0.05, 0) is 49.9 Å². The quantitative estimate of drug-likeness (QED) is 0.467. The average Bonchev–Trinajstić information content (AvgIpc) is 3.20. The molecule has 1 aliphatic carbocycles. The Morgan fingerprint density at radius 1 is 0.933 bits per heavy atom. The second-order valence-electron chi connectivity index (χ2n) is 7.55. The third kappa shape index (κ3) is 3.92. The van der Waals surface area contributed by atoms with Crippen LogP contribution in [-0.4, -0.2) is 41.6 Å². The molecule has 30 heavy (non-hydrogen) atoms. The summed E-state index contributed by atoms with van der Waals surface area (Å²) < 4.78 is 1.82. The van der Waals surface area contributed by atoms with Gasteiger partial charge in [0.25, 0.3) is 0 Å². The summed E-state index contributed by atoms with van der Waals surface area (Å²) in [6, 6.07) is 8.43. The standard InChI is InChI=1S/C21H23N9/c22-15-3-5-16(6-4-15)27-19-7-8-20-24-13-18(30(20)29-19)14-10-25-21(26-11-14)28-17-2-1-9-23-12-17/h1-2,7-13,15-16H,3-6,22H2,(H,27,29)(H,25,26,28). The van der Waals surface area contributed by atoms with Gasteiger partial charge in [0, 0.05) is 36.2 Å². The number of fused-ring (bicyclic) bond motifs is 1. The highest BCUT2D eigenvalue weighted by Crippen LogP contribution is 2.23. The Morgan fingerprint density at radius 3 is 2.53 bits per heavy atom. The van der Waals surface area contributed by atoms with Crippen molar-refractivity contribution in [2.75, 3.05) is 10.6 Å². The third-order valence-corrected chi connectivity index (χ3v) is 5.35. The summed E-state index contributed by atoms with van der Waals surface area (Å²) in [5.74, 6) is 1.34. The zero-order valence-corrected chi connectivity index (χ0v) is 16.4. The molecular weight excluding hydrogens is 378 g/mol. The number of anilines is 3. The van der Waals surface area contributed by atoms with Gasteiger partial charge in [-0.2, -0.15) is 0 Å². The minimum Gasteiger partial charge on any atom is -0.366 e. The molecule has 0 spiro atoms. The number of nitrogens with one attached hydrogen (secondary N) is 2. The van der Waals surface area contributed by atoms with E-state index < -0.39 is 0 Å². The molecule has 4 N–H and O–H groups in total. The zero-order valence-electron chi connectivity index (χ0n) is 16.4. The van der Waals surface area contributed by atoms with Crippen LogP contribution in [-0.2, 0) is 0 Å². The molecule has 4 aromatic rings. The lowest BCUT2D eigenvalue weighted by molar-refractivity contribution is 0.410. The van der Waals surface area contributed by atoms with Gasteiger partial charge < -0.3 is 16.4 Å². The van der Waals surface area contributed by atoms with Gasteiger partial charge in [-0.25, -0.2) is 19.5 Å². The molecular formula is C21H23N9. The number of hydrogen-bond donors (Lipinski definition) is 3. The maximum atomic E-state index is 6.01. The lowest BCUT2D eigenvalue weighted by atomic mass is 9.92. The molecule has 1 saturated carbocycles. The van der Waals surface area contributed by atoms with Crippen molar-refractivity contribution in [1.29, 1.82) is 0 Å². The van der Waals surface area contributed by atoms with Gasteiger partial charge in [-0.1, -0.05) is 0 Å². The van der Waals surface area contributed by atoms with Crippen LogP contribution in [0.4, 0.5) is 17.5 Å². The molecule has 0 atom stereocenters. The number of imidazole rings is 1. The van der Waals surface area contributed by atoms with E-state index in [2.05, 4.69) is 30.6 Å². The highest BCUT2D eigenvalue weighted by molar-refractivity contribution is 5.63. The Morgan fingerprint density at radius 2 is 1.77 bits per heavy atom. The third-order valence-electron chi connectivity index (χ3n) is 5.35. The summed E-state index contributed by atoms with van der Waals surface area (Å²) in [5, 5.41) is 11.4. The van der Waals surface area contributed by atoms with Gasteiger partial charge in [0.15, 0.2) is 5.65 Å². The molecule has 0 aliphatic heterocycles. The fourth-order valence-electron chi connectivity index (χ4n) is 3.71. The molecule has 0 amide bonds. The van der Waals surface area contributed by atoms with Gasteiger partial charge in [-0.15, -0.1) is 5.10 Å². The molecule has 9 nitrogen and oxygen atoms in total.